The van der Waals surface area contributed by atoms with Gasteiger partial charge in [-0.2, -0.15) is 0 Å². The Labute approximate surface area is 195 Å². The minimum absolute atomic E-state index is 0.108. The maximum Gasteiger partial charge on any atom is 0.246 e. The van der Waals surface area contributed by atoms with Gasteiger partial charge in [0.05, 0.1) is 0 Å². The van der Waals surface area contributed by atoms with Crippen molar-refractivity contribution in [1.29, 1.82) is 0 Å². The van der Waals surface area contributed by atoms with Crippen LogP contribution in [0.5, 0.6) is 0 Å². The van der Waals surface area contributed by atoms with Crippen molar-refractivity contribution in [3.8, 4) is 0 Å². The van der Waals surface area contributed by atoms with Crippen molar-refractivity contribution in [3.05, 3.63) is 112 Å². The molecular weight excluding hydrogens is 414 g/mol. The van der Waals surface area contributed by atoms with E-state index in [0.29, 0.717) is 11.8 Å². The summed E-state index contributed by atoms with van der Waals surface area (Å²) >= 11 is 6.45. The molecule has 32 heavy (non-hydrogen) atoms. The molecule has 1 amide bonds. The normalized spacial score (nSPS) is 18.8. The second-order valence-corrected chi connectivity index (χ2v) is 9.36. The molecule has 3 aromatic rings. The number of amides is 1. The Morgan fingerprint density at radius 1 is 0.844 bits per heavy atom. The largest absolute Gasteiger partial charge is 0.339 e. The van der Waals surface area contributed by atoms with Crippen LogP contribution in [0.2, 0.25) is 5.02 Å². The number of benzene rings is 3. The molecule has 1 unspecified atom stereocenters. The molecule has 0 aromatic heterocycles. The third-order valence-corrected chi connectivity index (χ3v) is 7.27. The zero-order valence-electron chi connectivity index (χ0n) is 18.2. The third-order valence-electron chi connectivity index (χ3n) is 7.04. The molecule has 2 aliphatic rings. The highest BCUT2D eigenvalue weighted by Crippen LogP contribution is 2.43. The van der Waals surface area contributed by atoms with E-state index in [2.05, 4.69) is 36.4 Å². The van der Waals surface area contributed by atoms with Crippen LogP contribution < -0.4 is 0 Å². The van der Waals surface area contributed by atoms with E-state index in [1.807, 2.05) is 47.4 Å². The molecule has 0 radical (unpaired) electrons. The van der Waals surface area contributed by atoms with E-state index in [1.54, 1.807) is 6.08 Å². The van der Waals surface area contributed by atoms with Crippen LogP contribution in [-0.2, 0) is 17.6 Å². The summed E-state index contributed by atoms with van der Waals surface area (Å²) in [5.74, 6) is 0.963. The van der Waals surface area contributed by atoms with E-state index < -0.39 is 0 Å². The molecule has 1 fully saturated rings. The second kappa shape index (κ2) is 9.34. The van der Waals surface area contributed by atoms with Crippen molar-refractivity contribution >= 4 is 23.6 Å². The second-order valence-electron chi connectivity index (χ2n) is 8.93. The molecule has 0 N–H and O–H groups in total. The SMILES string of the molecule is O=C(C=Cc1ccccc1)N1CCC(C2c3ccccc3CCc3ccc(Cl)cc32)CC1. The summed E-state index contributed by atoms with van der Waals surface area (Å²) in [4.78, 5) is 14.8. The van der Waals surface area contributed by atoms with Crippen LogP contribution >= 0.6 is 11.6 Å². The van der Waals surface area contributed by atoms with Crippen LogP contribution in [0, 0.1) is 5.92 Å². The van der Waals surface area contributed by atoms with Gasteiger partial charge in [-0.15, -0.1) is 0 Å². The third kappa shape index (κ3) is 4.38. The van der Waals surface area contributed by atoms with Crippen molar-refractivity contribution in [2.75, 3.05) is 13.1 Å². The highest BCUT2D eigenvalue weighted by Gasteiger charge is 2.33. The zero-order chi connectivity index (χ0) is 21.9. The van der Waals surface area contributed by atoms with E-state index in [4.69, 9.17) is 11.6 Å². The summed E-state index contributed by atoms with van der Waals surface area (Å²) in [5, 5.41) is 0.812. The van der Waals surface area contributed by atoms with Gasteiger partial charge >= 0.3 is 0 Å². The number of rotatable bonds is 3. The Kier molecular flexibility index (Phi) is 6.14. The van der Waals surface area contributed by atoms with Gasteiger partial charge in [0.15, 0.2) is 0 Å². The lowest BCUT2D eigenvalue weighted by Crippen LogP contribution is -2.39. The molecule has 1 aliphatic carbocycles. The van der Waals surface area contributed by atoms with Crippen LogP contribution in [0.25, 0.3) is 6.08 Å². The number of hydrogen-bond acceptors (Lipinski definition) is 1. The Balaban J connectivity index is 1.36. The molecule has 1 saturated heterocycles. The maximum atomic E-state index is 12.8. The summed E-state index contributed by atoms with van der Waals surface area (Å²) in [6, 6.07) is 25.3. The standard InChI is InChI=1S/C29H28ClNO/c30-25-14-13-23-12-11-22-8-4-5-9-26(22)29(27(23)20-25)24-16-18-31(19-17-24)28(32)15-10-21-6-2-1-3-7-21/h1-10,13-15,20,24,29H,11-12,16-19H2. The number of piperidine rings is 1. The number of likely N-dealkylation sites (tertiary alicyclic amines) is 1. The van der Waals surface area contributed by atoms with Gasteiger partial charge in [-0.05, 0) is 77.6 Å². The smallest absolute Gasteiger partial charge is 0.246 e. The molecule has 1 heterocycles. The van der Waals surface area contributed by atoms with Crippen LogP contribution in [0.3, 0.4) is 0 Å². The number of hydrogen-bond donors (Lipinski definition) is 0. The van der Waals surface area contributed by atoms with Crippen molar-refractivity contribution in [2.45, 2.75) is 31.6 Å². The van der Waals surface area contributed by atoms with Crippen molar-refractivity contribution in [3.63, 3.8) is 0 Å². The number of fused-ring (bicyclic) bond motifs is 2. The van der Waals surface area contributed by atoms with Gasteiger partial charge in [0.25, 0.3) is 0 Å². The Morgan fingerprint density at radius 3 is 2.31 bits per heavy atom. The van der Waals surface area contributed by atoms with E-state index in [0.717, 1.165) is 49.4 Å². The maximum absolute atomic E-state index is 12.8. The molecule has 162 valence electrons. The Bertz CT molecular complexity index is 1130. The van der Waals surface area contributed by atoms with E-state index in [1.165, 1.54) is 22.3 Å². The molecule has 2 nitrogen and oxygen atoms in total. The first-order valence-corrected chi connectivity index (χ1v) is 11.9. The highest BCUT2D eigenvalue weighted by atomic mass is 35.5. The summed E-state index contributed by atoms with van der Waals surface area (Å²) in [6.45, 7) is 1.61. The monoisotopic (exact) mass is 441 g/mol. The van der Waals surface area contributed by atoms with Gasteiger partial charge in [0.2, 0.25) is 5.91 Å². The van der Waals surface area contributed by atoms with Crippen LogP contribution in [0.15, 0.2) is 78.9 Å². The molecule has 1 atom stereocenters. The van der Waals surface area contributed by atoms with Crippen LogP contribution in [0.1, 0.15) is 46.6 Å². The number of aryl methyl sites for hydroxylation is 2. The van der Waals surface area contributed by atoms with E-state index in [9.17, 15) is 4.79 Å². The molecule has 3 aromatic carbocycles. The zero-order valence-corrected chi connectivity index (χ0v) is 19.0. The first-order chi connectivity index (χ1) is 15.7. The number of halogens is 1. The lowest BCUT2D eigenvalue weighted by molar-refractivity contribution is -0.127. The fraction of sp³-hybridized carbons (Fsp3) is 0.276. The predicted molar refractivity (Wildman–Crippen MR) is 132 cm³/mol. The van der Waals surface area contributed by atoms with Gasteiger partial charge in [0, 0.05) is 30.1 Å². The summed E-state index contributed by atoms with van der Waals surface area (Å²) in [5.41, 5.74) is 6.76. The number of carbonyl (C=O) groups is 1. The van der Waals surface area contributed by atoms with Crippen molar-refractivity contribution in [2.24, 2.45) is 5.92 Å². The van der Waals surface area contributed by atoms with Gasteiger partial charge in [-0.1, -0.05) is 72.3 Å². The first kappa shape index (κ1) is 21.0. The highest BCUT2D eigenvalue weighted by molar-refractivity contribution is 6.30. The van der Waals surface area contributed by atoms with Crippen molar-refractivity contribution in [1.82, 2.24) is 4.90 Å². The van der Waals surface area contributed by atoms with Crippen LogP contribution in [0.4, 0.5) is 0 Å². The summed E-state index contributed by atoms with van der Waals surface area (Å²) in [7, 11) is 0. The van der Waals surface area contributed by atoms with E-state index in [-0.39, 0.29) is 5.91 Å². The molecule has 5 rings (SSSR count). The number of nitrogens with zero attached hydrogens (tertiary/aromatic N) is 1. The van der Waals surface area contributed by atoms with Gasteiger partial charge < -0.3 is 4.90 Å². The fourth-order valence-corrected chi connectivity index (χ4v) is 5.56. The van der Waals surface area contributed by atoms with Gasteiger partial charge in [-0.25, -0.2) is 0 Å². The molecule has 1 aliphatic heterocycles. The fourth-order valence-electron chi connectivity index (χ4n) is 5.38. The van der Waals surface area contributed by atoms with Gasteiger partial charge in [-0.3, -0.25) is 4.79 Å². The molecule has 0 spiro atoms. The van der Waals surface area contributed by atoms with Crippen LogP contribution in [-0.4, -0.2) is 23.9 Å². The summed E-state index contributed by atoms with van der Waals surface area (Å²) < 4.78 is 0. The quantitative estimate of drug-likeness (QED) is 0.423. The first-order valence-electron chi connectivity index (χ1n) is 11.6. The van der Waals surface area contributed by atoms with E-state index >= 15 is 0 Å². The number of carbonyl (C=O) groups excluding carboxylic acids is 1. The minimum atomic E-state index is 0.108. The summed E-state index contributed by atoms with van der Waals surface area (Å²) in [6.07, 6.45) is 7.77. The molecule has 3 heteroatoms. The minimum Gasteiger partial charge on any atom is -0.339 e. The van der Waals surface area contributed by atoms with Gasteiger partial charge in [0.1, 0.15) is 0 Å². The molecule has 0 bridgehead atoms. The van der Waals surface area contributed by atoms with Crippen molar-refractivity contribution < 1.29 is 4.79 Å². The molecular formula is C29H28ClNO. The Morgan fingerprint density at radius 2 is 1.53 bits per heavy atom. The predicted octanol–water partition coefficient (Wildman–Crippen LogP) is 6.52. The lowest BCUT2D eigenvalue weighted by atomic mass is 9.74. The average molecular weight is 442 g/mol. The Hall–Kier alpha value is -2.84. The lowest BCUT2D eigenvalue weighted by Gasteiger charge is -2.37. The topological polar surface area (TPSA) is 20.3 Å². The molecule has 0 saturated carbocycles. The average Bonchev–Trinajstić information content (AvgIpc) is 3.00.